The maximum absolute atomic E-state index is 12.3. The summed E-state index contributed by atoms with van der Waals surface area (Å²) in [6.07, 6.45) is 7.57. The topological polar surface area (TPSA) is 32.3 Å². The lowest BCUT2D eigenvalue weighted by molar-refractivity contribution is 0.000390. The quantitative estimate of drug-likeness (QED) is 0.835. The number of carbonyl (C=O) groups excluding carboxylic acids is 1. The number of carbonyl (C=O) groups is 1. The summed E-state index contributed by atoms with van der Waals surface area (Å²) in [5.74, 6) is 0. The molecular formula is C17H22N2O. The summed E-state index contributed by atoms with van der Waals surface area (Å²) in [5, 5.41) is 3.23. The SMILES string of the molecule is O=C(NC1CC2(CCC2)C1)N1CCc2ccccc2C1. The van der Waals surface area contributed by atoms with E-state index in [1.807, 2.05) is 4.90 Å². The number of urea groups is 1. The minimum absolute atomic E-state index is 0.138. The van der Waals surface area contributed by atoms with E-state index in [0.29, 0.717) is 11.5 Å². The van der Waals surface area contributed by atoms with Gasteiger partial charge in [0.1, 0.15) is 0 Å². The van der Waals surface area contributed by atoms with Gasteiger partial charge in [-0.2, -0.15) is 0 Å². The Labute approximate surface area is 120 Å². The second kappa shape index (κ2) is 4.51. The van der Waals surface area contributed by atoms with E-state index in [1.165, 1.54) is 43.2 Å². The van der Waals surface area contributed by atoms with Crippen molar-refractivity contribution in [2.45, 2.75) is 51.1 Å². The maximum Gasteiger partial charge on any atom is 0.317 e. The van der Waals surface area contributed by atoms with E-state index in [9.17, 15) is 4.79 Å². The average molecular weight is 270 g/mol. The Hall–Kier alpha value is -1.51. The van der Waals surface area contributed by atoms with Crippen LogP contribution in [0.2, 0.25) is 0 Å². The third-order valence-corrected chi connectivity index (χ3v) is 5.52. The predicted molar refractivity (Wildman–Crippen MR) is 78.4 cm³/mol. The number of hydrogen-bond donors (Lipinski definition) is 1. The Balaban J connectivity index is 1.34. The Morgan fingerprint density at radius 3 is 2.65 bits per heavy atom. The van der Waals surface area contributed by atoms with Gasteiger partial charge in [0.2, 0.25) is 0 Å². The van der Waals surface area contributed by atoms with Crippen molar-refractivity contribution in [3.8, 4) is 0 Å². The predicted octanol–water partition coefficient (Wildman–Crippen LogP) is 3.09. The molecule has 0 unspecified atom stereocenters. The molecule has 2 fully saturated rings. The van der Waals surface area contributed by atoms with Crippen LogP contribution in [0.4, 0.5) is 4.79 Å². The highest BCUT2D eigenvalue weighted by Crippen LogP contribution is 2.55. The fraction of sp³-hybridized carbons (Fsp3) is 0.588. The minimum Gasteiger partial charge on any atom is -0.335 e. The smallest absolute Gasteiger partial charge is 0.317 e. The van der Waals surface area contributed by atoms with E-state index in [2.05, 4.69) is 29.6 Å². The molecule has 2 aliphatic carbocycles. The molecule has 1 spiro atoms. The van der Waals surface area contributed by atoms with Crippen LogP contribution in [-0.2, 0) is 13.0 Å². The lowest BCUT2D eigenvalue weighted by Crippen LogP contribution is -2.56. The summed E-state index contributed by atoms with van der Waals surface area (Å²) in [5.41, 5.74) is 3.33. The van der Waals surface area contributed by atoms with Gasteiger partial charge in [0, 0.05) is 19.1 Å². The number of nitrogens with one attached hydrogen (secondary N) is 1. The standard InChI is InChI=1S/C17H22N2O/c20-16(18-15-10-17(11-15)7-3-8-17)19-9-6-13-4-1-2-5-14(13)12-19/h1-2,4-5,15H,3,6-12H2,(H,18,20). The molecule has 3 aliphatic rings. The number of hydrogen-bond acceptors (Lipinski definition) is 1. The van der Waals surface area contributed by atoms with Crippen molar-refractivity contribution < 1.29 is 4.79 Å². The van der Waals surface area contributed by atoms with Crippen LogP contribution in [0.5, 0.6) is 0 Å². The van der Waals surface area contributed by atoms with E-state index in [1.54, 1.807) is 0 Å². The van der Waals surface area contributed by atoms with Gasteiger partial charge in [-0.15, -0.1) is 0 Å². The molecule has 106 valence electrons. The maximum atomic E-state index is 12.3. The summed E-state index contributed by atoms with van der Waals surface area (Å²) in [6.45, 7) is 1.61. The highest BCUT2D eigenvalue weighted by atomic mass is 16.2. The molecule has 1 heterocycles. The zero-order valence-corrected chi connectivity index (χ0v) is 11.9. The number of rotatable bonds is 1. The molecule has 0 bridgehead atoms. The van der Waals surface area contributed by atoms with Crippen LogP contribution in [0.25, 0.3) is 0 Å². The Kier molecular flexibility index (Phi) is 2.76. The third kappa shape index (κ3) is 2.00. The van der Waals surface area contributed by atoms with Gasteiger partial charge in [-0.3, -0.25) is 0 Å². The zero-order chi connectivity index (χ0) is 13.6. The lowest BCUT2D eigenvalue weighted by atomic mass is 9.54. The van der Waals surface area contributed by atoms with Crippen molar-refractivity contribution in [3.05, 3.63) is 35.4 Å². The van der Waals surface area contributed by atoms with E-state index < -0.39 is 0 Å². The molecule has 0 saturated heterocycles. The summed E-state index contributed by atoms with van der Waals surface area (Å²) in [7, 11) is 0. The first-order valence-electron chi connectivity index (χ1n) is 7.86. The van der Waals surface area contributed by atoms with Gasteiger partial charge in [0.15, 0.2) is 0 Å². The van der Waals surface area contributed by atoms with Crippen LogP contribution in [-0.4, -0.2) is 23.5 Å². The monoisotopic (exact) mass is 270 g/mol. The third-order valence-electron chi connectivity index (χ3n) is 5.52. The van der Waals surface area contributed by atoms with Crippen molar-refractivity contribution in [1.82, 2.24) is 10.2 Å². The second-order valence-electron chi connectivity index (χ2n) is 6.85. The van der Waals surface area contributed by atoms with Crippen LogP contribution in [0.1, 0.15) is 43.2 Å². The molecule has 3 nitrogen and oxygen atoms in total. The molecule has 0 aromatic heterocycles. The highest BCUT2D eigenvalue weighted by molar-refractivity contribution is 5.75. The average Bonchev–Trinajstić information content (AvgIpc) is 2.39. The molecule has 3 heteroatoms. The lowest BCUT2D eigenvalue weighted by Gasteiger charge is -2.54. The van der Waals surface area contributed by atoms with Gasteiger partial charge in [-0.25, -0.2) is 4.79 Å². The molecule has 2 amide bonds. The first kappa shape index (κ1) is 12.2. The first-order chi connectivity index (χ1) is 9.74. The van der Waals surface area contributed by atoms with Crippen molar-refractivity contribution in [1.29, 1.82) is 0 Å². The summed E-state index contributed by atoms with van der Waals surface area (Å²) >= 11 is 0. The number of amides is 2. The normalized spacial score (nSPS) is 23.7. The molecule has 0 atom stereocenters. The van der Waals surface area contributed by atoms with Crippen molar-refractivity contribution in [2.75, 3.05) is 6.54 Å². The van der Waals surface area contributed by atoms with Crippen LogP contribution < -0.4 is 5.32 Å². The van der Waals surface area contributed by atoms with E-state index in [-0.39, 0.29) is 6.03 Å². The Bertz CT molecular complexity index is 528. The van der Waals surface area contributed by atoms with Gasteiger partial charge >= 0.3 is 6.03 Å². The Morgan fingerprint density at radius 1 is 1.20 bits per heavy atom. The summed E-state index contributed by atoms with van der Waals surface area (Å²) < 4.78 is 0. The molecule has 0 radical (unpaired) electrons. The highest BCUT2D eigenvalue weighted by Gasteiger charge is 2.48. The molecule has 1 N–H and O–H groups in total. The molecule has 2 saturated carbocycles. The summed E-state index contributed by atoms with van der Waals surface area (Å²) in [6, 6.07) is 9.03. The first-order valence-corrected chi connectivity index (χ1v) is 7.86. The summed E-state index contributed by atoms with van der Waals surface area (Å²) in [4.78, 5) is 14.3. The van der Waals surface area contributed by atoms with Gasteiger partial charge < -0.3 is 10.2 Å². The van der Waals surface area contributed by atoms with Crippen molar-refractivity contribution in [3.63, 3.8) is 0 Å². The largest absolute Gasteiger partial charge is 0.335 e. The molecule has 1 aromatic rings. The van der Waals surface area contributed by atoms with Gasteiger partial charge in [-0.1, -0.05) is 30.7 Å². The zero-order valence-electron chi connectivity index (χ0n) is 11.9. The van der Waals surface area contributed by atoms with E-state index in [4.69, 9.17) is 0 Å². The van der Waals surface area contributed by atoms with E-state index >= 15 is 0 Å². The fourth-order valence-electron chi connectivity index (χ4n) is 4.11. The van der Waals surface area contributed by atoms with Crippen LogP contribution in [0.3, 0.4) is 0 Å². The Morgan fingerprint density at radius 2 is 1.95 bits per heavy atom. The van der Waals surface area contributed by atoms with Crippen LogP contribution in [0.15, 0.2) is 24.3 Å². The van der Waals surface area contributed by atoms with Crippen LogP contribution >= 0.6 is 0 Å². The fourth-order valence-corrected chi connectivity index (χ4v) is 4.11. The van der Waals surface area contributed by atoms with Gasteiger partial charge in [-0.05, 0) is 48.6 Å². The van der Waals surface area contributed by atoms with Crippen molar-refractivity contribution >= 4 is 6.03 Å². The number of fused-ring (bicyclic) bond motifs is 1. The van der Waals surface area contributed by atoms with E-state index in [0.717, 1.165) is 19.5 Å². The molecule has 20 heavy (non-hydrogen) atoms. The van der Waals surface area contributed by atoms with Crippen molar-refractivity contribution in [2.24, 2.45) is 5.41 Å². The number of nitrogens with zero attached hydrogens (tertiary/aromatic N) is 1. The molecule has 1 aromatic carbocycles. The molecule has 1 aliphatic heterocycles. The molecule has 4 rings (SSSR count). The van der Waals surface area contributed by atoms with Gasteiger partial charge in [0.05, 0.1) is 0 Å². The van der Waals surface area contributed by atoms with Crippen LogP contribution in [0, 0.1) is 5.41 Å². The molecular weight excluding hydrogens is 248 g/mol. The van der Waals surface area contributed by atoms with Gasteiger partial charge in [0.25, 0.3) is 0 Å². The number of benzene rings is 1. The minimum atomic E-state index is 0.138. The second-order valence-corrected chi connectivity index (χ2v) is 6.85.